The highest BCUT2D eigenvalue weighted by atomic mass is 32.1. The fourth-order valence-electron chi connectivity index (χ4n) is 3.16. The van der Waals surface area contributed by atoms with Crippen LogP contribution in [-0.4, -0.2) is 53.3 Å². The lowest BCUT2D eigenvalue weighted by molar-refractivity contribution is 0.102. The number of hydrogen-bond donors (Lipinski definition) is 2. The van der Waals surface area contributed by atoms with Crippen molar-refractivity contribution in [3.63, 3.8) is 0 Å². The summed E-state index contributed by atoms with van der Waals surface area (Å²) in [6.07, 6.45) is 2.50. The minimum Gasteiger partial charge on any atom is -0.382 e. The molecule has 3 amide bonds. The van der Waals surface area contributed by atoms with Gasteiger partial charge in [0, 0.05) is 32.0 Å². The predicted molar refractivity (Wildman–Crippen MR) is 112 cm³/mol. The van der Waals surface area contributed by atoms with Crippen LogP contribution in [0.2, 0.25) is 0 Å². The van der Waals surface area contributed by atoms with Crippen LogP contribution in [0.25, 0.3) is 0 Å². The zero-order chi connectivity index (χ0) is 20.6. The molecule has 29 heavy (non-hydrogen) atoms. The Labute approximate surface area is 174 Å². The molecule has 1 aliphatic heterocycles. The molecule has 1 aromatic carbocycles. The Kier molecular flexibility index (Phi) is 7.54. The molecule has 2 N–H and O–H groups in total. The highest BCUT2D eigenvalue weighted by molar-refractivity contribution is 7.13. The number of carbonyl (C=O) groups is 2. The van der Waals surface area contributed by atoms with Crippen LogP contribution in [-0.2, 0) is 4.74 Å². The highest BCUT2D eigenvalue weighted by Crippen LogP contribution is 2.33. The quantitative estimate of drug-likeness (QED) is 0.642. The molecule has 0 unspecified atom stereocenters. The van der Waals surface area contributed by atoms with Gasteiger partial charge in [-0.05, 0) is 45.2 Å². The first-order valence-corrected chi connectivity index (χ1v) is 10.7. The van der Waals surface area contributed by atoms with E-state index in [2.05, 4.69) is 20.8 Å². The minimum atomic E-state index is -0.289. The van der Waals surface area contributed by atoms with E-state index in [0.29, 0.717) is 42.0 Å². The van der Waals surface area contributed by atoms with E-state index in [1.807, 2.05) is 38.1 Å². The Bertz CT molecular complexity index is 824. The number of nitrogens with zero attached hydrogens (tertiary/aromatic N) is 3. The van der Waals surface area contributed by atoms with Crippen LogP contribution >= 0.6 is 11.3 Å². The average Bonchev–Trinajstić information content (AvgIpc) is 3.38. The van der Waals surface area contributed by atoms with Gasteiger partial charge in [0.2, 0.25) is 5.01 Å². The Morgan fingerprint density at radius 3 is 2.83 bits per heavy atom. The molecular formula is C20H27N5O3S. The first kappa shape index (κ1) is 21.2. The second kappa shape index (κ2) is 10.3. The summed E-state index contributed by atoms with van der Waals surface area (Å²) in [6, 6.07) is 7.33. The lowest BCUT2D eigenvalue weighted by Gasteiger charge is -2.23. The van der Waals surface area contributed by atoms with Gasteiger partial charge in [0.15, 0.2) is 0 Å². The summed E-state index contributed by atoms with van der Waals surface area (Å²) in [5, 5.41) is 15.0. The van der Waals surface area contributed by atoms with Gasteiger partial charge in [0.05, 0.1) is 6.04 Å². The number of ether oxygens (including phenoxy) is 1. The summed E-state index contributed by atoms with van der Waals surface area (Å²) in [6.45, 7) is 6.50. The molecule has 1 aromatic heterocycles. The van der Waals surface area contributed by atoms with E-state index in [4.69, 9.17) is 4.74 Å². The minimum absolute atomic E-state index is 0.107. The molecule has 2 aromatic rings. The van der Waals surface area contributed by atoms with E-state index in [0.717, 1.165) is 24.8 Å². The maximum absolute atomic E-state index is 12.5. The van der Waals surface area contributed by atoms with Crippen molar-refractivity contribution in [2.75, 3.05) is 31.6 Å². The van der Waals surface area contributed by atoms with Gasteiger partial charge in [-0.15, -0.1) is 10.2 Å². The van der Waals surface area contributed by atoms with Gasteiger partial charge in [-0.25, -0.2) is 4.79 Å². The number of hydrogen-bond acceptors (Lipinski definition) is 6. The zero-order valence-electron chi connectivity index (χ0n) is 16.8. The van der Waals surface area contributed by atoms with Gasteiger partial charge in [0.1, 0.15) is 5.01 Å². The molecule has 9 heteroatoms. The van der Waals surface area contributed by atoms with E-state index in [1.165, 1.54) is 11.3 Å². The van der Waals surface area contributed by atoms with E-state index in [9.17, 15) is 9.59 Å². The summed E-state index contributed by atoms with van der Waals surface area (Å²) >= 11 is 1.24. The molecule has 0 radical (unpaired) electrons. The summed E-state index contributed by atoms with van der Waals surface area (Å²) < 4.78 is 5.29. The molecule has 1 fully saturated rings. The van der Waals surface area contributed by atoms with Crippen LogP contribution in [0.15, 0.2) is 24.3 Å². The van der Waals surface area contributed by atoms with Crippen molar-refractivity contribution in [1.82, 2.24) is 20.4 Å². The maximum atomic E-state index is 12.5. The van der Waals surface area contributed by atoms with Crippen molar-refractivity contribution >= 4 is 29.0 Å². The topological polar surface area (TPSA) is 96.4 Å². The van der Waals surface area contributed by atoms with Gasteiger partial charge >= 0.3 is 6.03 Å². The first-order valence-electron chi connectivity index (χ1n) is 9.92. The lowest BCUT2D eigenvalue weighted by atomic mass is 10.2. The number of rotatable bonds is 8. The van der Waals surface area contributed by atoms with Gasteiger partial charge in [0.25, 0.3) is 5.91 Å². The Hall–Kier alpha value is -2.52. The third kappa shape index (κ3) is 5.74. The smallest absolute Gasteiger partial charge is 0.317 e. The van der Waals surface area contributed by atoms with Gasteiger partial charge in [-0.3, -0.25) is 4.79 Å². The summed E-state index contributed by atoms with van der Waals surface area (Å²) in [4.78, 5) is 26.8. The molecule has 0 aliphatic carbocycles. The number of likely N-dealkylation sites (tertiary alicyclic amines) is 1. The van der Waals surface area contributed by atoms with Crippen molar-refractivity contribution in [2.45, 2.75) is 39.2 Å². The largest absolute Gasteiger partial charge is 0.382 e. The highest BCUT2D eigenvalue weighted by Gasteiger charge is 2.33. The third-order valence-corrected chi connectivity index (χ3v) is 5.71. The summed E-state index contributed by atoms with van der Waals surface area (Å²) in [7, 11) is 0. The van der Waals surface area contributed by atoms with Crippen molar-refractivity contribution in [2.24, 2.45) is 0 Å². The van der Waals surface area contributed by atoms with Crippen LogP contribution in [0.5, 0.6) is 0 Å². The van der Waals surface area contributed by atoms with E-state index >= 15 is 0 Å². The fraction of sp³-hybridized carbons (Fsp3) is 0.500. The molecule has 0 spiro atoms. The van der Waals surface area contributed by atoms with Crippen LogP contribution < -0.4 is 10.6 Å². The van der Waals surface area contributed by atoms with Crippen molar-refractivity contribution in [1.29, 1.82) is 0 Å². The normalized spacial score (nSPS) is 16.1. The molecule has 2 heterocycles. The van der Waals surface area contributed by atoms with Crippen molar-refractivity contribution in [3.8, 4) is 0 Å². The molecule has 156 valence electrons. The zero-order valence-corrected chi connectivity index (χ0v) is 17.6. The molecular weight excluding hydrogens is 390 g/mol. The van der Waals surface area contributed by atoms with Crippen molar-refractivity contribution < 1.29 is 14.3 Å². The Balaban J connectivity index is 1.57. The molecule has 0 bridgehead atoms. The van der Waals surface area contributed by atoms with Gasteiger partial charge in [-0.2, -0.15) is 0 Å². The standard InChI is InChI=1S/C20H27N5O3S/c1-3-28-13-5-11-21-20(27)25-12-4-6-16(25)18-23-24-19(29-18)17(26)22-15-9-7-14(2)8-10-15/h7-10,16H,3-6,11-13H2,1-2H3,(H,21,27)(H,22,26)/t16-/m1/s1. The fourth-order valence-corrected chi connectivity index (χ4v) is 4.05. The van der Waals surface area contributed by atoms with Crippen molar-refractivity contribution in [3.05, 3.63) is 39.8 Å². The molecule has 3 rings (SSSR count). The average molecular weight is 418 g/mol. The van der Waals surface area contributed by atoms with Crippen LogP contribution in [0, 0.1) is 6.92 Å². The second-order valence-electron chi connectivity index (χ2n) is 6.90. The lowest BCUT2D eigenvalue weighted by Crippen LogP contribution is -2.40. The summed E-state index contributed by atoms with van der Waals surface area (Å²) in [5.41, 5.74) is 1.84. The number of benzene rings is 1. The van der Waals surface area contributed by atoms with E-state index in [1.54, 1.807) is 4.90 Å². The molecule has 8 nitrogen and oxygen atoms in total. The number of urea groups is 1. The number of aryl methyl sites for hydroxylation is 1. The molecule has 1 aliphatic rings. The molecule has 0 saturated carbocycles. The van der Waals surface area contributed by atoms with E-state index in [-0.39, 0.29) is 18.0 Å². The van der Waals surface area contributed by atoms with Crippen LogP contribution in [0.3, 0.4) is 0 Å². The first-order chi connectivity index (χ1) is 14.1. The predicted octanol–water partition coefficient (Wildman–Crippen LogP) is 3.37. The monoisotopic (exact) mass is 417 g/mol. The summed E-state index contributed by atoms with van der Waals surface area (Å²) in [5.74, 6) is -0.289. The number of aromatic nitrogens is 2. The SMILES string of the molecule is CCOCCCNC(=O)N1CCC[C@@H]1c1nnc(C(=O)Nc2ccc(C)cc2)s1. The number of anilines is 1. The van der Waals surface area contributed by atoms with Crippen LogP contribution in [0.4, 0.5) is 10.5 Å². The number of carbonyl (C=O) groups excluding carboxylic acids is 2. The van der Waals surface area contributed by atoms with Crippen LogP contribution in [0.1, 0.15) is 52.6 Å². The maximum Gasteiger partial charge on any atom is 0.317 e. The third-order valence-electron chi connectivity index (χ3n) is 4.69. The Morgan fingerprint density at radius 1 is 1.28 bits per heavy atom. The second-order valence-corrected chi connectivity index (χ2v) is 7.91. The van der Waals surface area contributed by atoms with E-state index < -0.39 is 0 Å². The van der Waals surface area contributed by atoms with Gasteiger partial charge in [-0.1, -0.05) is 29.0 Å². The Morgan fingerprint density at radius 2 is 2.07 bits per heavy atom. The van der Waals surface area contributed by atoms with Gasteiger partial charge < -0.3 is 20.3 Å². The number of nitrogens with one attached hydrogen (secondary N) is 2. The number of amides is 3. The molecule has 1 saturated heterocycles. The molecule has 1 atom stereocenters.